The van der Waals surface area contributed by atoms with Crippen LogP contribution in [-0.4, -0.2) is 45.3 Å². The fourth-order valence-electron chi connectivity index (χ4n) is 3.48. The topological polar surface area (TPSA) is 33.7 Å². The molecule has 1 heterocycles. The fourth-order valence-corrected chi connectivity index (χ4v) is 3.48. The van der Waals surface area contributed by atoms with Gasteiger partial charge in [-0.1, -0.05) is 0 Å². The van der Waals surface area contributed by atoms with Gasteiger partial charge < -0.3 is 14.8 Å². The lowest BCUT2D eigenvalue weighted by Crippen LogP contribution is -2.45. The molecule has 1 aromatic rings. The number of aryl methyl sites for hydroxylation is 1. The van der Waals surface area contributed by atoms with Crippen LogP contribution in [0.1, 0.15) is 30.0 Å². The van der Waals surface area contributed by atoms with Crippen molar-refractivity contribution in [2.24, 2.45) is 0 Å². The van der Waals surface area contributed by atoms with Gasteiger partial charge in [0.2, 0.25) is 0 Å². The van der Waals surface area contributed by atoms with E-state index in [1.54, 1.807) is 14.2 Å². The van der Waals surface area contributed by atoms with E-state index in [1.807, 2.05) is 0 Å². The van der Waals surface area contributed by atoms with Crippen molar-refractivity contribution in [3.63, 3.8) is 0 Å². The number of piperazine rings is 1. The minimum absolute atomic E-state index is 0.542. The number of rotatable bonds is 3. The summed E-state index contributed by atoms with van der Waals surface area (Å²) in [6.45, 7) is 4.47. The Kier molecular flexibility index (Phi) is 4.13. The van der Waals surface area contributed by atoms with Crippen LogP contribution < -0.4 is 14.8 Å². The Bertz CT molecular complexity index is 470. The van der Waals surface area contributed by atoms with Crippen LogP contribution in [0.15, 0.2) is 12.1 Å². The van der Waals surface area contributed by atoms with Crippen LogP contribution in [0.25, 0.3) is 0 Å². The number of hydrogen-bond donors (Lipinski definition) is 1. The summed E-state index contributed by atoms with van der Waals surface area (Å²) in [6.07, 6.45) is 3.66. The molecule has 1 fully saturated rings. The summed E-state index contributed by atoms with van der Waals surface area (Å²) in [5.74, 6) is 1.71. The molecule has 1 aromatic carbocycles. The third-order valence-electron chi connectivity index (χ3n) is 4.52. The second-order valence-electron chi connectivity index (χ2n) is 5.60. The molecule has 0 aromatic heterocycles. The van der Waals surface area contributed by atoms with Crippen molar-refractivity contribution < 1.29 is 9.47 Å². The number of hydrogen-bond acceptors (Lipinski definition) is 4. The maximum absolute atomic E-state index is 5.48. The lowest BCUT2D eigenvalue weighted by Gasteiger charge is -2.38. The third-order valence-corrected chi connectivity index (χ3v) is 4.52. The van der Waals surface area contributed by atoms with E-state index in [0.29, 0.717) is 6.04 Å². The summed E-state index contributed by atoms with van der Waals surface area (Å²) < 4.78 is 10.9. The van der Waals surface area contributed by atoms with Crippen molar-refractivity contribution in [1.29, 1.82) is 0 Å². The monoisotopic (exact) mass is 276 g/mol. The molecule has 0 spiro atoms. The second kappa shape index (κ2) is 6.02. The van der Waals surface area contributed by atoms with E-state index in [-0.39, 0.29) is 0 Å². The average Bonchev–Trinajstić information content (AvgIpc) is 2.53. The molecule has 1 unspecified atom stereocenters. The van der Waals surface area contributed by atoms with Crippen molar-refractivity contribution >= 4 is 0 Å². The number of ether oxygens (including phenoxy) is 2. The van der Waals surface area contributed by atoms with Crippen molar-refractivity contribution in [3.05, 3.63) is 23.3 Å². The van der Waals surface area contributed by atoms with Crippen molar-refractivity contribution in [1.82, 2.24) is 10.2 Å². The fraction of sp³-hybridized carbons (Fsp3) is 0.625. The van der Waals surface area contributed by atoms with E-state index in [1.165, 1.54) is 24.0 Å². The maximum atomic E-state index is 5.48. The number of benzene rings is 1. The minimum atomic E-state index is 0.542. The van der Waals surface area contributed by atoms with Gasteiger partial charge in [0.1, 0.15) is 0 Å². The molecule has 0 saturated carbocycles. The smallest absolute Gasteiger partial charge is 0.161 e. The summed E-state index contributed by atoms with van der Waals surface area (Å²) in [5, 5.41) is 3.43. The van der Waals surface area contributed by atoms with Gasteiger partial charge >= 0.3 is 0 Å². The standard InChI is InChI=1S/C16H24N2O2/c1-19-15-10-12-4-3-5-14(13(12)11-16(15)20-2)18-8-6-17-7-9-18/h10-11,14,17H,3-9H2,1-2H3. The predicted octanol–water partition coefficient (Wildman–Crippen LogP) is 1.99. The summed E-state index contributed by atoms with van der Waals surface area (Å²) in [5.41, 5.74) is 2.87. The van der Waals surface area contributed by atoms with Crippen LogP contribution in [0.3, 0.4) is 0 Å². The van der Waals surface area contributed by atoms with Gasteiger partial charge in [-0.05, 0) is 42.5 Å². The molecular weight excluding hydrogens is 252 g/mol. The summed E-state index contributed by atoms with van der Waals surface area (Å²) in [6, 6.07) is 4.91. The van der Waals surface area contributed by atoms with Crippen LogP contribution >= 0.6 is 0 Å². The highest BCUT2D eigenvalue weighted by molar-refractivity contribution is 5.49. The molecule has 1 atom stereocenters. The van der Waals surface area contributed by atoms with E-state index in [4.69, 9.17) is 9.47 Å². The number of methoxy groups -OCH3 is 2. The van der Waals surface area contributed by atoms with Crippen LogP contribution in [0.5, 0.6) is 11.5 Å². The highest BCUT2D eigenvalue weighted by atomic mass is 16.5. The molecule has 4 heteroatoms. The Labute approximate surface area is 121 Å². The van der Waals surface area contributed by atoms with Gasteiger partial charge in [0.05, 0.1) is 14.2 Å². The zero-order valence-electron chi connectivity index (χ0n) is 12.4. The van der Waals surface area contributed by atoms with Gasteiger partial charge in [0.15, 0.2) is 11.5 Å². The Hall–Kier alpha value is -1.26. The molecule has 110 valence electrons. The zero-order chi connectivity index (χ0) is 13.9. The van der Waals surface area contributed by atoms with E-state index in [0.717, 1.165) is 44.1 Å². The summed E-state index contributed by atoms with van der Waals surface area (Å²) in [7, 11) is 3.42. The molecule has 20 heavy (non-hydrogen) atoms. The van der Waals surface area contributed by atoms with Gasteiger partial charge in [-0.2, -0.15) is 0 Å². The first-order valence-corrected chi connectivity index (χ1v) is 7.53. The molecule has 0 bridgehead atoms. The quantitative estimate of drug-likeness (QED) is 0.915. The molecule has 2 aliphatic rings. The van der Waals surface area contributed by atoms with Gasteiger partial charge in [0.25, 0.3) is 0 Å². The lowest BCUT2D eigenvalue weighted by atomic mass is 9.86. The van der Waals surface area contributed by atoms with Crippen molar-refractivity contribution in [2.45, 2.75) is 25.3 Å². The Morgan fingerprint density at radius 1 is 1.10 bits per heavy atom. The first kappa shape index (κ1) is 13.7. The largest absolute Gasteiger partial charge is 0.493 e. The zero-order valence-corrected chi connectivity index (χ0v) is 12.4. The molecule has 0 radical (unpaired) electrons. The normalized spacial score (nSPS) is 23.2. The van der Waals surface area contributed by atoms with Crippen LogP contribution in [0.4, 0.5) is 0 Å². The first-order valence-electron chi connectivity index (χ1n) is 7.53. The Morgan fingerprint density at radius 3 is 2.50 bits per heavy atom. The third kappa shape index (κ3) is 2.50. The molecule has 3 rings (SSSR count). The van der Waals surface area contributed by atoms with Gasteiger partial charge in [-0.25, -0.2) is 0 Å². The molecule has 1 aliphatic heterocycles. The van der Waals surface area contributed by atoms with Crippen LogP contribution in [0, 0.1) is 0 Å². The number of nitrogens with zero attached hydrogens (tertiary/aromatic N) is 1. The van der Waals surface area contributed by atoms with E-state index < -0.39 is 0 Å². The highest BCUT2D eigenvalue weighted by Gasteiger charge is 2.28. The lowest BCUT2D eigenvalue weighted by molar-refractivity contribution is 0.157. The average molecular weight is 276 g/mol. The number of nitrogens with one attached hydrogen (secondary N) is 1. The minimum Gasteiger partial charge on any atom is -0.493 e. The van der Waals surface area contributed by atoms with E-state index in [9.17, 15) is 0 Å². The molecule has 1 N–H and O–H groups in total. The van der Waals surface area contributed by atoms with Crippen molar-refractivity contribution in [2.75, 3.05) is 40.4 Å². The Morgan fingerprint density at radius 2 is 1.80 bits per heavy atom. The number of fused-ring (bicyclic) bond motifs is 1. The maximum Gasteiger partial charge on any atom is 0.161 e. The second-order valence-corrected chi connectivity index (χ2v) is 5.60. The molecule has 4 nitrogen and oxygen atoms in total. The molecule has 1 saturated heterocycles. The van der Waals surface area contributed by atoms with Gasteiger partial charge in [0, 0.05) is 32.2 Å². The summed E-state index contributed by atoms with van der Waals surface area (Å²) >= 11 is 0. The van der Waals surface area contributed by atoms with Crippen LogP contribution in [0.2, 0.25) is 0 Å². The molecule has 0 amide bonds. The first-order chi connectivity index (χ1) is 9.83. The van der Waals surface area contributed by atoms with Crippen LogP contribution in [-0.2, 0) is 6.42 Å². The van der Waals surface area contributed by atoms with Gasteiger partial charge in [-0.15, -0.1) is 0 Å². The SMILES string of the molecule is COc1cc2c(cc1OC)C(N1CCNCC1)CCC2. The van der Waals surface area contributed by atoms with Crippen molar-refractivity contribution in [3.8, 4) is 11.5 Å². The molecule has 1 aliphatic carbocycles. The van der Waals surface area contributed by atoms with E-state index >= 15 is 0 Å². The van der Waals surface area contributed by atoms with Gasteiger partial charge in [-0.3, -0.25) is 4.90 Å². The summed E-state index contributed by atoms with van der Waals surface area (Å²) in [4.78, 5) is 2.61. The van der Waals surface area contributed by atoms with E-state index in [2.05, 4.69) is 22.3 Å². The molecular formula is C16H24N2O2. The Balaban J connectivity index is 1.94. The highest BCUT2D eigenvalue weighted by Crippen LogP contribution is 2.40. The predicted molar refractivity (Wildman–Crippen MR) is 79.7 cm³/mol.